The number of pyridine rings is 1. The van der Waals surface area contributed by atoms with Gasteiger partial charge in [0.05, 0.1) is 14.2 Å². The maximum Gasteiger partial charge on any atom is 0.341 e. The Balaban J connectivity index is 2.92. The van der Waals surface area contributed by atoms with Gasteiger partial charge >= 0.3 is 11.9 Å². The highest BCUT2D eigenvalue weighted by molar-refractivity contribution is 5.94. The first kappa shape index (κ1) is 13.5. The van der Waals surface area contributed by atoms with Gasteiger partial charge in [-0.15, -0.1) is 0 Å². The van der Waals surface area contributed by atoms with Crippen LogP contribution in [0, 0.1) is 11.8 Å². The number of aromatic nitrogens is 1. The summed E-state index contributed by atoms with van der Waals surface area (Å²) in [6.45, 7) is 0. The molecule has 1 rings (SSSR count). The van der Waals surface area contributed by atoms with Gasteiger partial charge in [0.15, 0.2) is 0 Å². The number of nitrogens with zero attached hydrogens (tertiary/aromatic N) is 1. The third-order valence-electron chi connectivity index (χ3n) is 2.02. The summed E-state index contributed by atoms with van der Waals surface area (Å²) in [5.41, 5.74) is 6.14. The second-order valence-corrected chi connectivity index (χ2v) is 3.20. The summed E-state index contributed by atoms with van der Waals surface area (Å²) >= 11 is 0. The molecule has 1 aromatic rings. The van der Waals surface area contributed by atoms with Crippen LogP contribution >= 0.6 is 0 Å². The van der Waals surface area contributed by atoms with Crippen molar-refractivity contribution < 1.29 is 19.1 Å². The number of methoxy groups -OCH3 is 2. The van der Waals surface area contributed by atoms with Crippen LogP contribution in [-0.2, 0) is 14.3 Å². The Morgan fingerprint density at radius 2 is 2.11 bits per heavy atom. The molecular formula is C12H12N2O4. The van der Waals surface area contributed by atoms with E-state index in [2.05, 4.69) is 26.3 Å². The van der Waals surface area contributed by atoms with Crippen molar-refractivity contribution in [1.29, 1.82) is 0 Å². The third kappa shape index (κ3) is 3.49. The molecule has 0 aliphatic carbocycles. The molecule has 2 N–H and O–H groups in total. The zero-order valence-corrected chi connectivity index (χ0v) is 10.0. The smallest absolute Gasteiger partial charge is 0.341 e. The molecule has 0 aromatic carbocycles. The second-order valence-electron chi connectivity index (χ2n) is 3.20. The fourth-order valence-electron chi connectivity index (χ4n) is 1.11. The summed E-state index contributed by atoms with van der Waals surface area (Å²) in [5, 5.41) is 0. The van der Waals surface area contributed by atoms with Crippen molar-refractivity contribution in [2.24, 2.45) is 0 Å². The SMILES string of the molecule is COC(=O)CC#Cc1cnc(N)c(C(=O)OC)c1. The fourth-order valence-corrected chi connectivity index (χ4v) is 1.11. The van der Waals surface area contributed by atoms with Gasteiger partial charge in [-0.2, -0.15) is 0 Å². The maximum absolute atomic E-state index is 11.4. The van der Waals surface area contributed by atoms with E-state index in [1.165, 1.54) is 26.5 Å². The maximum atomic E-state index is 11.4. The van der Waals surface area contributed by atoms with Crippen LogP contribution in [0.4, 0.5) is 5.82 Å². The van der Waals surface area contributed by atoms with Gasteiger partial charge < -0.3 is 15.2 Å². The van der Waals surface area contributed by atoms with Crippen LogP contribution in [0.3, 0.4) is 0 Å². The van der Waals surface area contributed by atoms with Gasteiger partial charge in [-0.1, -0.05) is 11.8 Å². The van der Waals surface area contributed by atoms with E-state index in [1.807, 2.05) is 0 Å². The van der Waals surface area contributed by atoms with E-state index in [4.69, 9.17) is 5.73 Å². The highest BCUT2D eigenvalue weighted by Gasteiger charge is 2.11. The molecule has 18 heavy (non-hydrogen) atoms. The lowest BCUT2D eigenvalue weighted by molar-refractivity contribution is -0.139. The predicted molar refractivity (Wildman–Crippen MR) is 63.5 cm³/mol. The van der Waals surface area contributed by atoms with E-state index >= 15 is 0 Å². The minimum atomic E-state index is -0.586. The summed E-state index contributed by atoms with van der Waals surface area (Å²) in [7, 11) is 2.53. The van der Waals surface area contributed by atoms with Gasteiger partial charge in [0, 0.05) is 11.8 Å². The number of hydrogen-bond acceptors (Lipinski definition) is 6. The molecule has 0 bridgehead atoms. The van der Waals surface area contributed by atoms with Gasteiger partial charge in [-0.3, -0.25) is 4.79 Å². The quantitative estimate of drug-likeness (QED) is 0.600. The van der Waals surface area contributed by atoms with Crippen LogP contribution in [0.15, 0.2) is 12.3 Å². The van der Waals surface area contributed by atoms with E-state index in [-0.39, 0.29) is 17.8 Å². The summed E-state index contributed by atoms with van der Waals surface area (Å²) in [6.07, 6.45) is 1.38. The van der Waals surface area contributed by atoms with Crippen molar-refractivity contribution in [3.63, 3.8) is 0 Å². The lowest BCUT2D eigenvalue weighted by Crippen LogP contribution is -2.07. The van der Waals surface area contributed by atoms with Crippen LogP contribution < -0.4 is 5.73 Å². The van der Waals surface area contributed by atoms with E-state index in [0.717, 1.165) is 0 Å². The van der Waals surface area contributed by atoms with E-state index in [0.29, 0.717) is 5.56 Å². The average Bonchev–Trinajstić information content (AvgIpc) is 2.39. The summed E-state index contributed by atoms with van der Waals surface area (Å²) in [4.78, 5) is 26.0. The van der Waals surface area contributed by atoms with Crippen LogP contribution in [0.25, 0.3) is 0 Å². The Hall–Kier alpha value is -2.55. The van der Waals surface area contributed by atoms with Crippen LogP contribution in [0.2, 0.25) is 0 Å². The molecule has 0 aliphatic heterocycles. The van der Waals surface area contributed by atoms with Crippen molar-refractivity contribution in [3.05, 3.63) is 23.4 Å². The van der Waals surface area contributed by atoms with Gasteiger partial charge in [-0.05, 0) is 6.07 Å². The fraction of sp³-hybridized carbons (Fsp3) is 0.250. The standard InChI is InChI=1S/C12H12N2O4/c1-17-10(15)5-3-4-8-6-9(12(16)18-2)11(13)14-7-8/h6-7H,5H2,1-2H3,(H2,13,14). The van der Waals surface area contributed by atoms with E-state index in [9.17, 15) is 9.59 Å². The molecule has 0 spiro atoms. The molecule has 0 radical (unpaired) electrons. The summed E-state index contributed by atoms with van der Waals surface area (Å²) in [6, 6.07) is 1.46. The highest BCUT2D eigenvalue weighted by atomic mass is 16.5. The molecule has 6 heteroatoms. The molecule has 0 saturated heterocycles. The first-order chi connectivity index (χ1) is 8.58. The minimum Gasteiger partial charge on any atom is -0.468 e. The average molecular weight is 248 g/mol. The summed E-state index contributed by atoms with van der Waals surface area (Å²) < 4.78 is 8.99. The molecule has 0 aliphatic rings. The Bertz CT molecular complexity index is 529. The first-order valence-electron chi connectivity index (χ1n) is 4.98. The van der Waals surface area contributed by atoms with Crippen LogP contribution in [0.1, 0.15) is 22.3 Å². The molecule has 0 unspecified atom stereocenters. The van der Waals surface area contributed by atoms with Gasteiger partial charge in [0.2, 0.25) is 0 Å². The van der Waals surface area contributed by atoms with Crippen molar-refractivity contribution in [1.82, 2.24) is 4.98 Å². The third-order valence-corrected chi connectivity index (χ3v) is 2.02. The highest BCUT2D eigenvalue weighted by Crippen LogP contribution is 2.11. The largest absolute Gasteiger partial charge is 0.468 e. The molecule has 1 aromatic heterocycles. The first-order valence-corrected chi connectivity index (χ1v) is 4.98. The molecule has 0 amide bonds. The molecule has 94 valence electrons. The molecule has 0 fully saturated rings. The molecular weight excluding hydrogens is 236 g/mol. The number of anilines is 1. The minimum absolute atomic E-state index is 0.0333. The van der Waals surface area contributed by atoms with Crippen molar-refractivity contribution in [2.75, 3.05) is 20.0 Å². The Kier molecular flexibility index (Phi) is 4.69. The summed E-state index contributed by atoms with van der Waals surface area (Å²) in [5.74, 6) is 4.33. The number of hydrogen-bond donors (Lipinski definition) is 1. The van der Waals surface area contributed by atoms with Gasteiger partial charge in [0.1, 0.15) is 17.8 Å². The zero-order valence-electron chi connectivity index (χ0n) is 10.0. The molecule has 0 atom stereocenters. The number of nitrogens with two attached hydrogens (primary N) is 1. The van der Waals surface area contributed by atoms with Gasteiger partial charge in [-0.25, -0.2) is 9.78 Å². The zero-order chi connectivity index (χ0) is 13.5. The van der Waals surface area contributed by atoms with Crippen LogP contribution in [0.5, 0.6) is 0 Å². The van der Waals surface area contributed by atoms with Crippen LogP contribution in [-0.4, -0.2) is 31.1 Å². The number of rotatable bonds is 2. The monoisotopic (exact) mass is 248 g/mol. The molecule has 6 nitrogen and oxygen atoms in total. The Morgan fingerprint density at radius 1 is 1.39 bits per heavy atom. The second kappa shape index (κ2) is 6.25. The number of ether oxygens (including phenoxy) is 2. The number of esters is 2. The van der Waals surface area contributed by atoms with E-state index in [1.54, 1.807) is 0 Å². The van der Waals surface area contributed by atoms with Crippen molar-refractivity contribution in [2.45, 2.75) is 6.42 Å². The topological polar surface area (TPSA) is 91.5 Å². The molecule has 0 saturated carbocycles. The lowest BCUT2D eigenvalue weighted by atomic mass is 10.2. The van der Waals surface area contributed by atoms with Gasteiger partial charge in [0.25, 0.3) is 0 Å². The number of carbonyl (C=O) groups excluding carboxylic acids is 2. The van der Waals surface area contributed by atoms with Crippen molar-refractivity contribution in [3.8, 4) is 11.8 Å². The number of nitrogen functional groups attached to an aromatic ring is 1. The predicted octanol–water partition coefficient (Wildman–Crippen LogP) is 0.365. The normalized spacial score (nSPS) is 9.00. The Labute approximate surface area is 104 Å². The molecule has 1 heterocycles. The Morgan fingerprint density at radius 3 is 2.72 bits per heavy atom. The lowest BCUT2D eigenvalue weighted by Gasteiger charge is -2.02. The van der Waals surface area contributed by atoms with Crippen molar-refractivity contribution >= 4 is 17.8 Å². The number of carbonyl (C=O) groups is 2. The van der Waals surface area contributed by atoms with E-state index < -0.39 is 11.9 Å².